The Morgan fingerprint density at radius 3 is 2.32 bits per heavy atom. The molecule has 3 aromatic carbocycles. The summed E-state index contributed by atoms with van der Waals surface area (Å²) in [6.45, 7) is 19.0. The molecule has 0 saturated heterocycles. The van der Waals surface area contributed by atoms with E-state index < -0.39 is 0 Å². The highest BCUT2D eigenvalue weighted by Crippen LogP contribution is 2.56. The molecule has 6 rings (SSSR count). The minimum absolute atomic E-state index is 0.0163. The van der Waals surface area contributed by atoms with E-state index in [-0.39, 0.29) is 5.41 Å². The first-order valence-corrected chi connectivity index (χ1v) is 14.6. The normalized spacial score (nSPS) is 22.7. The molecule has 0 aromatic heterocycles. The number of nitrogens with zero attached hydrogens (tertiary/aromatic N) is 1. The third-order valence-corrected chi connectivity index (χ3v) is 9.55. The van der Waals surface area contributed by atoms with Crippen LogP contribution in [0.5, 0.6) is 0 Å². The van der Waals surface area contributed by atoms with E-state index in [2.05, 4.69) is 115 Å². The van der Waals surface area contributed by atoms with Crippen molar-refractivity contribution in [2.24, 2.45) is 5.92 Å². The molecule has 192 valence electrons. The molecule has 0 saturated carbocycles. The van der Waals surface area contributed by atoms with Crippen LogP contribution in [0.25, 0.3) is 16.7 Å². The van der Waals surface area contributed by atoms with Crippen molar-refractivity contribution < 1.29 is 0 Å². The zero-order chi connectivity index (χ0) is 26.2. The molecule has 0 bridgehead atoms. The van der Waals surface area contributed by atoms with Gasteiger partial charge in [-0.2, -0.15) is 0 Å². The van der Waals surface area contributed by atoms with Crippen LogP contribution in [0.1, 0.15) is 112 Å². The number of hydrogen-bond acceptors (Lipinski definition) is 1. The smallest absolute Gasteiger partial charge is 0.0741 e. The van der Waals surface area contributed by atoms with Gasteiger partial charge in [-0.05, 0) is 95.7 Å². The zero-order valence-corrected chi connectivity index (χ0v) is 24.1. The Morgan fingerprint density at radius 1 is 0.865 bits per heavy atom. The Morgan fingerprint density at radius 2 is 1.62 bits per heavy atom. The van der Waals surface area contributed by atoms with E-state index in [4.69, 9.17) is 0 Å². The highest BCUT2D eigenvalue weighted by molar-refractivity contribution is 5.91. The van der Waals surface area contributed by atoms with Gasteiger partial charge >= 0.3 is 0 Å². The van der Waals surface area contributed by atoms with Gasteiger partial charge in [-0.1, -0.05) is 89.6 Å². The molecule has 2 aliphatic heterocycles. The molecular weight excluding hydrogens is 446 g/mol. The van der Waals surface area contributed by atoms with E-state index >= 15 is 0 Å². The Hall–Kier alpha value is -2.80. The molecular formula is C36H43N. The lowest BCUT2D eigenvalue weighted by atomic mass is 9.72. The van der Waals surface area contributed by atoms with E-state index in [0.717, 1.165) is 12.8 Å². The van der Waals surface area contributed by atoms with Crippen molar-refractivity contribution in [3.8, 4) is 11.1 Å². The van der Waals surface area contributed by atoms with Crippen LogP contribution >= 0.6 is 0 Å². The summed E-state index contributed by atoms with van der Waals surface area (Å²) in [6, 6.07) is 20.0. The van der Waals surface area contributed by atoms with Crippen LogP contribution in [0.15, 0.2) is 54.6 Å². The summed E-state index contributed by atoms with van der Waals surface area (Å²) in [5.74, 6) is 1.18. The van der Waals surface area contributed by atoms with Gasteiger partial charge in [0, 0.05) is 28.6 Å². The van der Waals surface area contributed by atoms with E-state index in [1.807, 2.05) is 0 Å². The standard InChI is InChI=1S/C36H43N/c1-9-25-29-17-22(5)16-23(6)35(29)34-18-24(15-21(3)4)27-19-28-26-13-11-12-14-30(26)36(7,8)31(28)20-33(27)37(34)32(25)10-2/h11-14,16-21,25,32,34H,9-10,15H2,1-8H3. The maximum absolute atomic E-state index is 2.84. The number of anilines is 1. The fourth-order valence-corrected chi connectivity index (χ4v) is 8.04. The Balaban J connectivity index is 1.65. The average Bonchev–Trinajstić information content (AvgIpc) is 3.08. The second-order valence-corrected chi connectivity index (χ2v) is 12.8. The lowest BCUT2D eigenvalue weighted by Crippen LogP contribution is -2.47. The molecule has 3 aromatic rings. The van der Waals surface area contributed by atoms with Gasteiger partial charge in [0.2, 0.25) is 0 Å². The first-order valence-electron chi connectivity index (χ1n) is 14.6. The van der Waals surface area contributed by atoms with Gasteiger partial charge < -0.3 is 4.90 Å². The molecule has 0 fully saturated rings. The third-order valence-electron chi connectivity index (χ3n) is 9.55. The average molecular weight is 490 g/mol. The van der Waals surface area contributed by atoms with Gasteiger partial charge in [0.05, 0.1) is 6.04 Å². The molecule has 1 heteroatoms. The summed E-state index contributed by atoms with van der Waals surface area (Å²) >= 11 is 0. The van der Waals surface area contributed by atoms with Crippen LogP contribution < -0.4 is 4.90 Å². The largest absolute Gasteiger partial charge is 0.357 e. The molecule has 0 amide bonds. The lowest BCUT2D eigenvalue weighted by molar-refractivity contribution is 0.414. The molecule has 3 aliphatic rings. The fourth-order valence-electron chi connectivity index (χ4n) is 8.04. The molecule has 1 nitrogen and oxygen atoms in total. The monoisotopic (exact) mass is 489 g/mol. The van der Waals surface area contributed by atoms with Crippen molar-refractivity contribution >= 4 is 11.3 Å². The minimum atomic E-state index is 0.0163. The van der Waals surface area contributed by atoms with Crippen LogP contribution in [0.2, 0.25) is 0 Å². The molecule has 0 radical (unpaired) electrons. The van der Waals surface area contributed by atoms with Crippen molar-refractivity contribution in [1.29, 1.82) is 0 Å². The van der Waals surface area contributed by atoms with Crippen LogP contribution in [-0.2, 0) is 5.41 Å². The second-order valence-electron chi connectivity index (χ2n) is 12.8. The van der Waals surface area contributed by atoms with Gasteiger partial charge in [-0.25, -0.2) is 0 Å². The molecule has 3 unspecified atom stereocenters. The summed E-state index contributed by atoms with van der Waals surface area (Å²) in [4.78, 5) is 2.84. The molecule has 37 heavy (non-hydrogen) atoms. The summed E-state index contributed by atoms with van der Waals surface area (Å²) in [6.07, 6.45) is 6.11. The predicted molar refractivity (Wildman–Crippen MR) is 160 cm³/mol. The van der Waals surface area contributed by atoms with Gasteiger partial charge in [-0.15, -0.1) is 0 Å². The number of aryl methyl sites for hydroxylation is 2. The zero-order valence-electron chi connectivity index (χ0n) is 24.1. The number of benzene rings is 3. The first kappa shape index (κ1) is 24.5. The van der Waals surface area contributed by atoms with E-state index in [1.54, 1.807) is 11.1 Å². The topological polar surface area (TPSA) is 3.24 Å². The predicted octanol–water partition coefficient (Wildman–Crippen LogP) is 9.89. The van der Waals surface area contributed by atoms with Gasteiger partial charge in [-0.3, -0.25) is 0 Å². The van der Waals surface area contributed by atoms with Crippen molar-refractivity contribution in [2.45, 2.75) is 98.1 Å². The maximum atomic E-state index is 2.84. The summed E-state index contributed by atoms with van der Waals surface area (Å²) in [5.41, 5.74) is 16.3. The maximum Gasteiger partial charge on any atom is 0.0741 e. The van der Waals surface area contributed by atoms with Crippen molar-refractivity contribution in [3.05, 3.63) is 93.6 Å². The summed E-state index contributed by atoms with van der Waals surface area (Å²) in [7, 11) is 0. The van der Waals surface area contributed by atoms with Crippen LogP contribution in [0.3, 0.4) is 0 Å². The second kappa shape index (κ2) is 8.62. The highest BCUT2D eigenvalue weighted by Gasteiger charge is 2.44. The Labute approximate surface area is 224 Å². The molecule has 2 heterocycles. The van der Waals surface area contributed by atoms with Gasteiger partial charge in [0.15, 0.2) is 0 Å². The van der Waals surface area contributed by atoms with Crippen molar-refractivity contribution in [3.63, 3.8) is 0 Å². The highest BCUT2D eigenvalue weighted by atomic mass is 15.2. The first-order chi connectivity index (χ1) is 17.7. The van der Waals surface area contributed by atoms with E-state index in [1.165, 1.54) is 56.6 Å². The summed E-state index contributed by atoms with van der Waals surface area (Å²) in [5, 5.41) is 0. The molecule has 1 aliphatic carbocycles. The quantitative estimate of drug-likeness (QED) is 0.352. The number of allylic oxidation sites excluding steroid dienone is 1. The number of hydrogen-bond donors (Lipinski definition) is 0. The van der Waals surface area contributed by atoms with Crippen LogP contribution in [0.4, 0.5) is 5.69 Å². The summed E-state index contributed by atoms with van der Waals surface area (Å²) < 4.78 is 0. The van der Waals surface area contributed by atoms with Crippen LogP contribution in [-0.4, -0.2) is 6.04 Å². The molecule has 0 N–H and O–H groups in total. The minimum Gasteiger partial charge on any atom is -0.357 e. The lowest BCUT2D eigenvalue weighted by Gasteiger charge is -2.51. The third kappa shape index (κ3) is 3.49. The Kier molecular flexibility index (Phi) is 5.71. The van der Waals surface area contributed by atoms with E-state index in [9.17, 15) is 0 Å². The van der Waals surface area contributed by atoms with Gasteiger partial charge in [0.25, 0.3) is 0 Å². The van der Waals surface area contributed by atoms with Crippen molar-refractivity contribution in [2.75, 3.05) is 4.90 Å². The Bertz CT molecular complexity index is 1420. The number of rotatable bonds is 4. The number of fused-ring (bicyclic) bond motifs is 8. The van der Waals surface area contributed by atoms with E-state index in [0.29, 0.717) is 23.9 Å². The van der Waals surface area contributed by atoms with Gasteiger partial charge in [0.1, 0.15) is 0 Å². The van der Waals surface area contributed by atoms with Crippen molar-refractivity contribution in [1.82, 2.24) is 0 Å². The molecule has 3 atom stereocenters. The molecule has 0 spiro atoms. The van der Waals surface area contributed by atoms with Crippen LogP contribution in [0, 0.1) is 19.8 Å². The fraction of sp³-hybridized carbons (Fsp3) is 0.444. The SMILES string of the molecule is CCC1c2cc(C)cc(C)c2C2C=C(CC(C)C)c3cc4c(cc3N2C1CC)C(C)(C)c1ccccc1-4.